The largest absolute Gasteiger partial charge is 0.460 e. The molecule has 0 fully saturated rings. The number of nitrogens with two attached hydrogens (primary N) is 1. The smallest absolute Gasteiger partial charge is 0.305 e. The third kappa shape index (κ3) is 4.77. The summed E-state index contributed by atoms with van der Waals surface area (Å²) in [5.74, 6) is -0.562. The van der Waals surface area contributed by atoms with Crippen molar-refractivity contribution in [1.29, 1.82) is 0 Å². The molecule has 0 bridgehead atoms. The predicted molar refractivity (Wildman–Crippen MR) is 93.8 cm³/mol. The first-order valence-corrected chi connectivity index (χ1v) is 8.18. The van der Waals surface area contributed by atoms with Crippen molar-refractivity contribution in [2.24, 2.45) is 5.73 Å². The zero-order chi connectivity index (χ0) is 17.4. The monoisotopic (exact) mass is 325 g/mol. The first-order valence-electron chi connectivity index (χ1n) is 8.18. The fourth-order valence-electron chi connectivity index (χ4n) is 2.65. The lowest BCUT2D eigenvalue weighted by Crippen LogP contribution is -2.34. The molecule has 0 aliphatic rings. The topological polar surface area (TPSA) is 69.4 Å². The molecule has 4 nitrogen and oxygen atoms in total. The number of Topliss-reactive ketones (excluding diaryl/α,β-unsaturated/α-hetero) is 1. The maximum atomic E-state index is 12.6. The molecule has 4 heteroatoms. The molecule has 24 heavy (non-hydrogen) atoms. The number of ketones is 1. The second kappa shape index (κ2) is 8.99. The van der Waals surface area contributed by atoms with Gasteiger partial charge in [-0.3, -0.25) is 9.59 Å². The van der Waals surface area contributed by atoms with Gasteiger partial charge in [0, 0.05) is 30.9 Å². The molecular weight excluding hydrogens is 302 g/mol. The lowest BCUT2D eigenvalue weighted by Gasteiger charge is -2.26. The van der Waals surface area contributed by atoms with Crippen LogP contribution in [0.25, 0.3) is 0 Å². The molecule has 2 aromatic carbocycles. The lowest BCUT2D eigenvalue weighted by atomic mass is 9.87. The second-order valence-corrected chi connectivity index (χ2v) is 5.63. The van der Waals surface area contributed by atoms with Gasteiger partial charge < -0.3 is 10.5 Å². The van der Waals surface area contributed by atoms with Gasteiger partial charge in [0.2, 0.25) is 0 Å². The van der Waals surface area contributed by atoms with Crippen LogP contribution >= 0.6 is 0 Å². The van der Waals surface area contributed by atoms with E-state index in [4.69, 9.17) is 10.5 Å². The molecule has 0 unspecified atom stereocenters. The Morgan fingerprint density at radius 2 is 1.58 bits per heavy atom. The van der Waals surface area contributed by atoms with Crippen LogP contribution in [0.5, 0.6) is 0 Å². The molecule has 0 aromatic heterocycles. The maximum absolute atomic E-state index is 12.6. The zero-order valence-corrected chi connectivity index (χ0v) is 13.9. The van der Waals surface area contributed by atoms with Crippen molar-refractivity contribution in [3.05, 3.63) is 71.8 Å². The zero-order valence-electron chi connectivity index (χ0n) is 13.9. The van der Waals surface area contributed by atoms with Crippen molar-refractivity contribution in [2.45, 2.75) is 31.8 Å². The molecule has 0 radical (unpaired) electrons. The minimum absolute atomic E-state index is 0.00968. The molecule has 2 atom stereocenters. The Kier molecular flexibility index (Phi) is 6.70. The van der Waals surface area contributed by atoms with E-state index in [2.05, 4.69) is 0 Å². The average Bonchev–Trinajstić information content (AvgIpc) is 2.65. The first kappa shape index (κ1) is 17.9. The molecule has 0 saturated heterocycles. The number of carbonyl (C=O) groups is 2. The van der Waals surface area contributed by atoms with Crippen LogP contribution in [-0.2, 0) is 9.53 Å². The summed E-state index contributed by atoms with van der Waals surface area (Å²) in [4.78, 5) is 24.3. The minimum atomic E-state index is -0.521. The SMILES string of the molecule is CCC(=O)O[C@H](CN)[C@H](CC(=O)c1ccccc1)c1ccccc1. The quantitative estimate of drug-likeness (QED) is 0.597. The van der Waals surface area contributed by atoms with Crippen molar-refractivity contribution in [2.75, 3.05) is 6.54 Å². The van der Waals surface area contributed by atoms with Gasteiger partial charge in [-0.25, -0.2) is 0 Å². The highest BCUT2D eigenvalue weighted by molar-refractivity contribution is 5.96. The highest BCUT2D eigenvalue weighted by Crippen LogP contribution is 2.27. The number of hydrogen-bond acceptors (Lipinski definition) is 4. The molecule has 0 aliphatic carbocycles. The molecule has 2 rings (SSSR count). The Bertz CT molecular complexity index is 655. The van der Waals surface area contributed by atoms with Gasteiger partial charge in [0.1, 0.15) is 6.10 Å². The minimum Gasteiger partial charge on any atom is -0.460 e. The van der Waals surface area contributed by atoms with Crippen LogP contribution in [-0.4, -0.2) is 24.4 Å². The van der Waals surface area contributed by atoms with Crippen LogP contribution in [0.15, 0.2) is 60.7 Å². The van der Waals surface area contributed by atoms with E-state index in [1.165, 1.54) is 0 Å². The number of esters is 1. The summed E-state index contributed by atoms with van der Waals surface area (Å²) >= 11 is 0. The van der Waals surface area contributed by atoms with E-state index >= 15 is 0 Å². The number of carbonyl (C=O) groups excluding carboxylic acids is 2. The summed E-state index contributed by atoms with van der Waals surface area (Å²) in [5, 5.41) is 0. The molecular formula is C20H23NO3. The molecule has 0 aliphatic heterocycles. The van der Waals surface area contributed by atoms with Gasteiger partial charge in [0.25, 0.3) is 0 Å². The Morgan fingerprint density at radius 1 is 1.00 bits per heavy atom. The summed E-state index contributed by atoms with van der Waals surface area (Å²) in [6.45, 7) is 1.91. The van der Waals surface area contributed by atoms with Gasteiger partial charge in [-0.05, 0) is 5.56 Å². The van der Waals surface area contributed by atoms with Gasteiger partial charge >= 0.3 is 5.97 Å². The average molecular weight is 325 g/mol. The summed E-state index contributed by atoms with van der Waals surface area (Å²) in [6.07, 6.45) is 0.00450. The standard InChI is InChI=1S/C20H23NO3/c1-2-20(23)24-19(14-21)17(15-9-5-3-6-10-15)13-18(22)16-11-7-4-8-12-16/h3-12,17,19H,2,13-14,21H2,1H3/t17-,19-/m1/s1. The first-order chi connectivity index (χ1) is 11.7. The van der Waals surface area contributed by atoms with Crippen molar-refractivity contribution < 1.29 is 14.3 Å². The van der Waals surface area contributed by atoms with Crippen molar-refractivity contribution >= 4 is 11.8 Å². The van der Waals surface area contributed by atoms with Gasteiger partial charge in [-0.15, -0.1) is 0 Å². The predicted octanol–water partition coefficient (Wildman–Crippen LogP) is 3.32. The van der Waals surface area contributed by atoms with Crippen molar-refractivity contribution in [1.82, 2.24) is 0 Å². The molecule has 126 valence electrons. The molecule has 0 saturated carbocycles. The van der Waals surface area contributed by atoms with E-state index in [0.717, 1.165) is 5.56 Å². The third-order valence-corrected chi connectivity index (χ3v) is 3.98. The summed E-state index contributed by atoms with van der Waals surface area (Å²) < 4.78 is 5.49. The van der Waals surface area contributed by atoms with Crippen molar-refractivity contribution in [3.8, 4) is 0 Å². The van der Waals surface area contributed by atoms with Crippen LogP contribution in [0, 0.1) is 0 Å². The van der Waals surface area contributed by atoms with E-state index in [1.54, 1.807) is 19.1 Å². The van der Waals surface area contributed by atoms with Gasteiger partial charge in [0.05, 0.1) is 0 Å². The number of ether oxygens (including phenoxy) is 1. The maximum Gasteiger partial charge on any atom is 0.305 e. The highest BCUT2D eigenvalue weighted by Gasteiger charge is 2.28. The molecule has 0 amide bonds. The van der Waals surface area contributed by atoms with Crippen molar-refractivity contribution in [3.63, 3.8) is 0 Å². The fourth-order valence-corrected chi connectivity index (χ4v) is 2.65. The van der Waals surface area contributed by atoms with E-state index in [1.807, 2.05) is 48.5 Å². The Hall–Kier alpha value is -2.46. The van der Waals surface area contributed by atoms with Gasteiger partial charge in [0.15, 0.2) is 5.78 Å². The molecule has 0 spiro atoms. The van der Waals surface area contributed by atoms with E-state index in [-0.39, 0.29) is 37.1 Å². The lowest BCUT2D eigenvalue weighted by molar-refractivity contribution is -0.149. The van der Waals surface area contributed by atoms with Crippen LogP contribution in [0.1, 0.15) is 41.6 Å². The van der Waals surface area contributed by atoms with Crippen LogP contribution < -0.4 is 5.73 Å². The number of hydrogen-bond donors (Lipinski definition) is 1. The summed E-state index contributed by atoms with van der Waals surface area (Å²) in [5.41, 5.74) is 7.43. The van der Waals surface area contributed by atoms with E-state index in [9.17, 15) is 9.59 Å². The van der Waals surface area contributed by atoms with Crippen LogP contribution in [0.4, 0.5) is 0 Å². The Labute approximate surface area is 142 Å². The second-order valence-electron chi connectivity index (χ2n) is 5.63. The molecule has 2 N–H and O–H groups in total. The Balaban J connectivity index is 2.25. The Morgan fingerprint density at radius 3 is 2.12 bits per heavy atom. The third-order valence-electron chi connectivity index (χ3n) is 3.98. The fraction of sp³-hybridized carbons (Fsp3) is 0.300. The van der Waals surface area contributed by atoms with Gasteiger partial charge in [-0.1, -0.05) is 67.6 Å². The summed E-state index contributed by atoms with van der Waals surface area (Å²) in [6, 6.07) is 18.7. The molecule has 0 heterocycles. The van der Waals surface area contributed by atoms with E-state index in [0.29, 0.717) is 5.56 Å². The van der Waals surface area contributed by atoms with Crippen LogP contribution in [0.2, 0.25) is 0 Å². The highest BCUT2D eigenvalue weighted by atomic mass is 16.5. The van der Waals surface area contributed by atoms with E-state index < -0.39 is 6.10 Å². The number of benzene rings is 2. The molecule has 2 aromatic rings. The number of rotatable bonds is 8. The van der Waals surface area contributed by atoms with Gasteiger partial charge in [-0.2, -0.15) is 0 Å². The normalized spacial score (nSPS) is 13.1. The summed E-state index contributed by atoms with van der Waals surface area (Å²) in [7, 11) is 0. The van der Waals surface area contributed by atoms with Crippen LogP contribution in [0.3, 0.4) is 0 Å².